The van der Waals surface area contributed by atoms with Crippen LogP contribution in [0.2, 0.25) is 0 Å². The smallest absolute Gasteiger partial charge is 0.0102 e. The maximum Gasteiger partial charge on any atom is -0.0102 e. The van der Waals surface area contributed by atoms with Crippen molar-refractivity contribution in [2.75, 3.05) is 0 Å². The van der Waals surface area contributed by atoms with Crippen LogP contribution in [0, 0.1) is 111 Å². The van der Waals surface area contributed by atoms with Gasteiger partial charge >= 0.3 is 296 Å². The van der Waals surface area contributed by atoms with Crippen LogP contribution in [0.3, 0.4) is 0 Å². The fourth-order valence-electron chi connectivity index (χ4n) is 18.8. The molecule has 0 saturated carbocycles. The Morgan fingerprint density at radius 2 is 0.589 bits per heavy atom. The van der Waals surface area contributed by atoms with Crippen LogP contribution in [-0.4, -0.2) is 49.5 Å². The number of sulfone groups is 1. The quantitative estimate of drug-likeness (QED) is 0.112. The molecule has 624 valence electrons. The predicted molar refractivity (Wildman–Crippen MR) is 528 cm³/mol. The Bertz CT molecular complexity index is 7090. The van der Waals surface area contributed by atoms with Gasteiger partial charge in [0.15, 0.2) is 0 Å². The van der Waals surface area contributed by atoms with Crippen molar-refractivity contribution >= 4 is 120 Å². The van der Waals surface area contributed by atoms with Crippen molar-refractivity contribution < 1.29 is 19.9 Å². The van der Waals surface area contributed by atoms with E-state index in [1.54, 1.807) is 32.8 Å². The summed E-state index contributed by atoms with van der Waals surface area (Å²) in [4.78, 5) is 0.885. The van der Waals surface area contributed by atoms with Gasteiger partial charge in [0, 0.05) is 16.5 Å². The number of aryl methyl sites for hydroxylation is 16. The topological polar surface area (TPSA) is 85.3 Å². The first kappa shape index (κ1) is 86.7. The molecule has 0 bridgehead atoms. The molecule has 2 aliphatic carbocycles. The zero-order valence-electron chi connectivity index (χ0n) is 75.6. The molecule has 17 aromatic rings. The van der Waals surface area contributed by atoms with Crippen molar-refractivity contribution in [3.05, 3.63) is 378 Å². The van der Waals surface area contributed by atoms with Gasteiger partial charge in [0.25, 0.3) is 0 Å². The number of benzene rings is 16. The number of hydrogen-bond acceptors (Lipinski definition) is 5. The van der Waals surface area contributed by atoms with Crippen LogP contribution in [0.5, 0.6) is 0 Å². The number of rotatable bonds is 0. The maximum atomic E-state index is 12.5. The molecule has 22 rings (SSSR count). The van der Waals surface area contributed by atoms with Gasteiger partial charge in [0.05, 0.1) is 9.79 Å². The molecular formula is C115H110O5SSe3. The summed E-state index contributed by atoms with van der Waals surface area (Å²) in [6.45, 7) is 47.9. The average molecular weight is 1840 g/mol. The van der Waals surface area contributed by atoms with Crippen LogP contribution in [-0.2, 0) is 37.6 Å². The minimum atomic E-state index is -4.14. The molecule has 5 aliphatic rings. The van der Waals surface area contributed by atoms with E-state index in [0.29, 0.717) is 33.2 Å². The van der Waals surface area contributed by atoms with E-state index in [9.17, 15) is 19.9 Å². The van der Waals surface area contributed by atoms with Gasteiger partial charge in [0.1, 0.15) is 0 Å². The van der Waals surface area contributed by atoms with Crippen LogP contribution in [0.4, 0.5) is 0 Å². The Balaban J connectivity index is 0.000000107. The van der Waals surface area contributed by atoms with Crippen LogP contribution < -0.4 is 17.8 Å². The van der Waals surface area contributed by atoms with E-state index in [4.69, 9.17) is 0 Å². The minimum Gasteiger partial charge on any atom is -0.0587 e. The van der Waals surface area contributed by atoms with Crippen molar-refractivity contribution in [3.8, 4) is 55.6 Å². The van der Waals surface area contributed by atoms with E-state index in [2.05, 4.69) is 305 Å². The van der Waals surface area contributed by atoms with Gasteiger partial charge in [-0.25, -0.2) is 8.42 Å². The Kier molecular flexibility index (Phi) is 23.0. The number of fused-ring (bicyclic) bond motifs is 23. The molecule has 0 atom stereocenters. The van der Waals surface area contributed by atoms with Crippen molar-refractivity contribution in [2.24, 2.45) is 0 Å². The summed E-state index contributed by atoms with van der Waals surface area (Å²) in [5, 5.41) is 11.2. The molecule has 1 aromatic heterocycles. The van der Waals surface area contributed by atoms with E-state index < -0.39 is 36.4 Å². The summed E-state index contributed by atoms with van der Waals surface area (Å²) >= 11 is -5.63. The molecular weight excluding hydrogens is 1730 g/mol. The third kappa shape index (κ3) is 15.6. The first-order valence-electron chi connectivity index (χ1n) is 43.0. The summed E-state index contributed by atoms with van der Waals surface area (Å²) in [5.41, 5.74) is 37.6. The van der Waals surface area contributed by atoms with Gasteiger partial charge in [-0.05, 0) is 197 Å². The summed E-state index contributed by atoms with van der Waals surface area (Å²) < 4.78 is 68.3. The zero-order chi connectivity index (χ0) is 88.5. The van der Waals surface area contributed by atoms with Crippen molar-refractivity contribution in [3.63, 3.8) is 0 Å². The molecule has 5 nitrogen and oxygen atoms in total. The van der Waals surface area contributed by atoms with Gasteiger partial charge in [-0.2, -0.15) is 0 Å². The van der Waals surface area contributed by atoms with Crippen molar-refractivity contribution in [1.82, 2.24) is 0 Å². The van der Waals surface area contributed by atoms with Gasteiger partial charge in [-0.1, -0.05) is 215 Å². The van der Waals surface area contributed by atoms with Gasteiger partial charge in [0.2, 0.25) is 9.84 Å². The largest absolute Gasteiger partial charge is 0.0587 e. The molecule has 16 aromatic carbocycles. The zero-order valence-corrected chi connectivity index (χ0v) is 81.5. The molecule has 0 unspecified atom stereocenters. The second kappa shape index (κ2) is 33.0. The van der Waals surface area contributed by atoms with Crippen LogP contribution in [0.25, 0.3) is 107 Å². The molecule has 0 saturated heterocycles. The Morgan fingerprint density at radius 3 is 1.01 bits per heavy atom. The predicted octanol–water partition coefficient (Wildman–Crippen LogP) is 26.8. The van der Waals surface area contributed by atoms with E-state index in [0.717, 1.165) is 53.4 Å². The Labute approximate surface area is 746 Å². The SMILES string of the molecule is Cc1ccc2c(c1)C(C)(C)C(C)(C)c1cc(C)ccc1-2.Cc1ccc2c(c1)C(C)(C)c1cc(C)c3ccccc3c1-2.Cc1ccc2c(c1)S(=O)(=O)c1cc(C)ccc1-2.Cc1ccc2c(c1)[Se](=O)(=O)c1cc(C)ccc1-2.Cc1ccc2c(c1)[Se](=O)c1cc(C)ccc1-2.Cc1ccc2c(c1)[se]c1cc(C)ccc12.Cc1ccc2c(c1)c(C)c(C)c1cc(C)ccc12. The summed E-state index contributed by atoms with van der Waals surface area (Å²) in [7, 11) is -3.31. The van der Waals surface area contributed by atoms with Crippen molar-refractivity contribution in [2.45, 2.75) is 178 Å². The molecule has 3 aliphatic heterocycles. The van der Waals surface area contributed by atoms with Gasteiger partial charge in [-0.3, -0.25) is 0 Å². The molecule has 124 heavy (non-hydrogen) atoms. The summed E-state index contributed by atoms with van der Waals surface area (Å²) in [6.07, 6.45) is 0. The normalized spacial score (nSPS) is 14.5. The van der Waals surface area contributed by atoms with E-state index >= 15 is 0 Å². The monoisotopic (exact) mass is 1840 g/mol. The molecule has 0 N–H and O–H groups in total. The maximum absolute atomic E-state index is 12.5. The van der Waals surface area contributed by atoms with Gasteiger partial charge < -0.3 is 0 Å². The summed E-state index contributed by atoms with van der Waals surface area (Å²) in [5.74, 6) is 0. The molecule has 0 amide bonds. The van der Waals surface area contributed by atoms with E-state index in [-0.39, 0.29) is 16.2 Å². The first-order chi connectivity index (χ1) is 58.7. The molecule has 0 radical (unpaired) electrons. The molecule has 4 heterocycles. The van der Waals surface area contributed by atoms with Crippen LogP contribution in [0.1, 0.15) is 153 Å². The Morgan fingerprint density at radius 1 is 0.274 bits per heavy atom. The second-order valence-electron chi connectivity index (χ2n) is 36.9. The average Bonchev–Trinajstić information content (AvgIpc) is 1.20. The minimum absolute atomic E-state index is 0.0888. The van der Waals surface area contributed by atoms with E-state index in [1.807, 2.05) is 90.1 Å². The second-order valence-corrected chi connectivity index (χ2v) is 48.0. The molecule has 0 spiro atoms. The fraction of sp³-hybridized carbons (Fsp3) is 0.217. The molecule has 9 heteroatoms. The van der Waals surface area contributed by atoms with Crippen molar-refractivity contribution in [1.29, 1.82) is 0 Å². The molecule has 0 fully saturated rings. The standard InChI is InChI=1S/C21H20.C20H24.C18H18.C14H12O2S.C14H12O2Se.C14H12OSe.C14H12Se/c1-13-9-10-17-18(11-13)21(3,4)19-12-14(2)15-7-5-6-8-16(15)20(17)19;1-13-7-9-15-16-10-8-14(2)12-18(16)20(5,6)19(3,4)17(15)11-13;1-11-5-7-15-16-8-6-12(2)10-18(16)14(4)13(3)17(15)9-11;2*1-9-3-5-11-12-6-4-10(2)8-14(12)17(15,16)13(11)7-9;1-9-3-5-11-12-6-4-10(2)8-14(12)16(15)13(11)7-9;1-9-3-5-11-12-6-4-10(2)8-14(12)15-13(11)7-9/h5-12H,1-4H3;7-12H,1-6H3;5-10H,1-4H3;2*3-8H,1-2H3;3-8H,1-2H3;3-8H,1-2H3. The third-order valence-electron chi connectivity index (χ3n) is 26.6. The fourth-order valence-corrected chi connectivity index (χ4v) is 30.6. The third-order valence-corrected chi connectivity index (χ3v) is 37.8. The van der Waals surface area contributed by atoms with E-state index in [1.165, 1.54) is 165 Å². The Hall–Kier alpha value is -10.8. The van der Waals surface area contributed by atoms with Crippen LogP contribution in [0.15, 0.2) is 277 Å². The van der Waals surface area contributed by atoms with Gasteiger partial charge in [-0.15, -0.1) is 0 Å². The number of hydrogen-bond donors (Lipinski definition) is 0. The van der Waals surface area contributed by atoms with Crippen LogP contribution >= 0.6 is 0 Å². The summed E-state index contributed by atoms with van der Waals surface area (Å²) in [6, 6.07) is 94.1. The first-order valence-corrected chi connectivity index (χ1v) is 51.7.